The van der Waals surface area contributed by atoms with E-state index < -0.39 is 11.6 Å². The van der Waals surface area contributed by atoms with Gasteiger partial charge in [0.2, 0.25) is 5.89 Å². The summed E-state index contributed by atoms with van der Waals surface area (Å²) in [5, 5.41) is 4.19. The van der Waals surface area contributed by atoms with Crippen molar-refractivity contribution in [2.45, 2.75) is 45.2 Å². The van der Waals surface area contributed by atoms with Crippen LogP contribution in [0.25, 0.3) is 32.0 Å². The fourth-order valence-electron chi connectivity index (χ4n) is 6.64. The Morgan fingerprint density at radius 1 is 0.957 bits per heavy atom. The first kappa shape index (κ1) is 29.4. The van der Waals surface area contributed by atoms with Gasteiger partial charge in [-0.1, -0.05) is 18.2 Å². The number of benzene rings is 2. The van der Waals surface area contributed by atoms with E-state index in [0.29, 0.717) is 53.5 Å². The number of carbonyl (C=O) groups is 1. The number of halogens is 3. The molecule has 4 aromatic heterocycles. The van der Waals surface area contributed by atoms with Crippen molar-refractivity contribution in [1.82, 2.24) is 19.9 Å². The fraction of sp³-hybridized carbons (Fsp3) is 0.222. The Kier molecular flexibility index (Phi) is 7.28. The lowest BCUT2D eigenvalue weighted by Crippen LogP contribution is -2.22. The van der Waals surface area contributed by atoms with Gasteiger partial charge in [-0.15, -0.1) is 11.3 Å². The van der Waals surface area contributed by atoms with E-state index in [-0.39, 0.29) is 24.3 Å². The van der Waals surface area contributed by atoms with Gasteiger partial charge >= 0.3 is 0 Å². The third-order valence-corrected chi connectivity index (χ3v) is 10.0. The molecule has 0 radical (unpaired) electrons. The van der Waals surface area contributed by atoms with Crippen LogP contribution in [0.3, 0.4) is 0 Å². The van der Waals surface area contributed by atoms with Crippen LogP contribution in [0.15, 0.2) is 71.4 Å². The fourth-order valence-corrected chi connectivity index (χ4v) is 7.82. The number of hydrogen-bond donors (Lipinski definition) is 1. The lowest BCUT2D eigenvalue weighted by Gasteiger charge is -2.16. The quantitative estimate of drug-likeness (QED) is 0.178. The molecule has 1 fully saturated rings. The molecule has 2 aliphatic rings. The molecule has 1 amide bonds. The molecule has 1 saturated heterocycles. The molecule has 1 atom stereocenters. The first-order chi connectivity index (χ1) is 22.8. The highest BCUT2D eigenvalue weighted by atomic mass is 32.1. The van der Waals surface area contributed by atoms with Crippen LogP contribution in [0.4, 0.5) is 19.0 Å². The van der Waals surface area contributed by atoms with Crippen LogP contribution in [-0.2, 0) is 19.4 Å². The molecule has 236 valence electrons. The maximum absolute atomic E-state index is 14.1. The molecule has 0 unspecified atom stereocenters. The summed E-state index contributed by atoms with van der Waals surface area (Å²) in [7, 11) is 0. The van der Waals surface area contributed by atoms with E-state index in [4.69, 9.17) is 9.40 Å². The van der Waals surface area contributed by atoms with E-state index in [0.717, 1.165) is 56.4 Å². The van der Waals surface area contributed by atoms with Crippen molar-refractivity contribution < 1.29 is 22.4 Å². The SMILES string of the molecule is Cc1cnc(-c2c(CCc3ccc(F)cc3)nc3c(c2-c2cc4ccnc(NCc5ccc(F)c(F)c5)c4s2)C(=O)N2CCC[C@H]32)o1. The van der Waals surface area contributed by atoms with E-state index in [1.807, 2.05) is 24.0 Å². The van der Waals surface area contributed by atoms with Gasteiger partial charge in [0.1, 0.15) is 17.4 Å². The van der Waals surface area contributed by atoms with Crippen molar-refractivity contribution in [2.24, 2.45) is 0 Å². The van der Waals surface area contributed by atoms with Crippen LogP contribution in [-0.4, -0.2) is 32.3 Å². The summed E-state index contributed by atoms with van der Waals surface area (Å²) in [6, 6.07) is 14.1. The summed E-state index contributed by atoms with van der Waals surface area (Å²) in [6.07, 6.45) is 6.24. The zero-order valence-electron chi connectivity index (χ0n) is 25.3. The van der Waals surface area contributed by atoms with Gasteiger partial charge in [-0.3, -0.25) is 9.78 Å². The molecule has 0 bridgehead atoms. The molecule has 0 saturated carbocycles. The molecule has 6 heterocycles. The maximum Gasteiger partial charge on any atom is 0.257 e. The number of nitrogens with one attached hydrogen (secondary N) is 1. The third-order valence-electron chi connectivity index (χ3n) is 8.87. The predicted octanol–water partition coefficient (Wildman–Crippen LogP) is 8.43. The summed E-state index contributed by atoms with van der Waals surface area (Å²) in [5.41, 5.74) is 5.05. The minimum absolute atomic E-state index is 0.0492. The zero-order chi connectivity index (χ0) is 32.2. The molecule has 8 rings (SSSR count). The number of hydrogen-bond acceptors (Lipinski definition) is 7. The van der Waals surface area contributed by atoms with Crippen molar-refractivity contribution in [1.29, 1.82) is 0 Å². The highest BCUT2D eigenvalue weighted by molar-refractivity contribution is 7.23. The van der Waals surface area contributed by atoms with Gasteiger partial charge in [-0.25, -0.2) is 23.1 Å². The summed E-state index contributed by atoms with van der Waals surface area (Å²) < 4.78 is 48.0. The number of rotatable bonds is 8. The molecule has 11 heteroatoms. The number of carbonyl (C=O) groups excluding carboxylic acids is 1. The van der Waals surface area contributed by atoms with Crippen LogP contribution < -0.4 is 5.32 Å². The van der Waals surface area contributed by atoms with Crippen LogP contribution in [0.1, 0.15) is 57.5 Å². The number of thiophene rings is 1. The van der Waals surface area contributed by atoms with Crippen LogP contribution in [0.2, 0.25) is 0 Å². The Bertz CT molecular complexity index is 2180. The van der Waals surface area contributed by atoms with E-state index in [1.54, 1.807) is 24.5 Å². The maximum atomic E-state index is 14.1. The molecule has 1 N–H and O–H groups in total. The van der Waals surface area contributed by atoms with Gasteiger partial charge in [0.15, 0.2) is 11.6 Å². The van der Waals surface area contributed by atoms with Crippen molar-refractivity contribution >= 4 is 33.1 Å². The van der Waals surface area contributed by atoms with Gasteiger partial charge < -0.3 is 14.6 Å². The Labute approximate surface area is 272 Å². The zero-order valence-corrected chi connectivity index (χ0v) is 26.1. The molecular formula is C36H28F3N5O2S. The van der Waals surface area contributed by atoms with Crippen molar-refractivity contribution in [3.63, 3.8) is 0 Å². The minimum Gasteiger partial charge on any atom is -0.441 e. The second kappa shape index (κ2) is 11.6. The highest BCUT2D eigenvalue weighted by Crippen LogP contribution is 2.50. The average Bonchev–Trinajstić information content (AvgIpc) is 3.87. The molecule has 7 nitrogen and oxygen atoms in total. The Morgan fingerprint density at radius 2 is 1.79 bits per heavy atom. The first-order valence-corrected chi connectivity index (χ1v) is 16.3. The van der Waals surface area contributed by atoms with E-state index in [1.165, 1.54) is 35.6 Å². The van der Waals surface area contributed by atoms with Gasteiger partial charge in [-0.2, -0.15) is 0 Å². The monoisotopic (exact) mass is 651 g/mol. The number of aromatic nitrogens is 3. The van der Waals surface area contributed by atoms with Gasteiger partial charge in [-0.05, 0) is 85.5 Å². The molecule has 2 aliphatic heterocycles. The third kappa shape index (κ3) is 5.24. The number of oxazole rings is 1. The predicted molar refractivity (Wildman–Crippen MR) is 174 cm³/mol. The topological polar surface area (TPSA) is 84.2 Å². The first-order valence-electron chi connectivity index (χ1n) is 15.5. The summed E-state index contributed by atoms with van der Waals surface area (Å²) in [6.45, 7) is 2.74. The number of fused-ring (bicyclic) bond motifs is 4. The molecule has 6 aromatic rings. The number of anilines is 1. The minimum atomic E-state index is -0.907. The number of nitrogens with zero attached hydrogens (tertiary/aromatic N) is 4. The second-order valence-corrected chi connectivity index (χ2v) is 13.0. The molecule has 47 heavy (non-hydrogen) atoms. The van der Waals surface area contributed by atoms with Crippen LogP contribution in [0.5, 0.6) is 0 Å². The summed E-state index contributed by atoms with van der Waals surface area (Å²) >= 11 is 1.49. The van der Waals surface area contributed by atoms with Gasteiger partial charge in [0, 0.05) is 29.7 Å². The number of amides is 1. The Balaban J connectivity index is 1.28. The Hall–Kier alpha value is -5.03. The molecule has 0 spiro atoms. The van der Waals surface area contributed by atoms with Crippen molar-refractivity contribution in [3.05, 3.63) is 118 Å². The normalized spacial score (nSPS) is 15.4. The average molecular weight is 652 g/mol. The lowest BCUT2D eigenvalue weighted by atomic mass is 9.93. The smallest absolute Gasteiger partial charge is 0.257 e. The van der Waals surface area contributed by atoms with Crippen molar-refractivity contribution in [2.75, 3.05) is 11.9 Å². The molecular weight excluding hydrogens is 623 g/mol. The van der Waals surface area contributed by atoms with Gasteiger partial charge in [0.25, 0.3) is 5.91 Å². The molecule has 0 aliphatic carbocycles. The van der Waals surface area contributed by atoms with Crippen molar-refractivity contribution in [3.8, 4) is 21.9 Å². The number of aryl methyl sites for hydroxylation is 3. The second-order valence-electron chi connectivity index (χ2n) is 11.9. The largest absolute Gasteiger partial charge is 0.441 e. The van der Waals surface area contributed by atoms with Crippen LogP contribution in [0, 0.1) is 24.4 Å². The van der Waals surface area contributed by atoms with Crippen LogP contribution >= 0.6 is 11.3 Å². The molecule has 2 aromatic carbocycles. The van der Waals surface area contributed by atoms with E-state index in [9.17, 15) is 18.0 Å². The summed E-state index contributed by atoms with van der Waals surface area (Å²) in [4.78, 5) is 31.2. The van der Waals surface area contributed by atoms with E-state index >= 15 is 0 Å². The number of pyridine rings is 2. The lowest BCUT2D eigenvalue weighted by molar-refractivity contribution is 0.0776. The van der Waals surface area contributed by atoms with E-state index in [2.05, 4.69) is 15.3 Å². The van der Waals surface area contributed by atoms with Gasteiger partial charge in [0.05, 0.1) is 39.5 Å². The Morgan fingerprint density at radius 3 is 2.57 bits per heavy atom. The standard InChI is InChI=1S/C36H28F3N5O2S/c1-19-17-42-35(46-19)29-26(11-7-20-4-8-23(37)9-5-20)43-32-27-3-2-14-44(27)36(45)31(32)30(29)28-16-22-12-13-40-34(33(22)47-28)41-18-21-6-10-24(38)25(39)15-21/h4-6,8-10,12-13,15-17,27H,2-3,7,11,14,18H2,1H3,(H,40,41)/t27-/m1/s1. The summed E-state index contributed by atoms with van der Waals surface area (Å²) in [5.74, 6) is -0.541. The highest BCUT2D eigenvalue weighted by Gasteiger charge is 2.44.